The first-order valence-corrected chi connectivity index (χ1v) is 8.77. The minimum atomic E-state index is -0.0358. The average Bonchev–Trinajstić information content (AvgIpc) is 3.22. The van der Waals surface area contributed by atoms with E-state index >= 15 is 0 Å². The van der Waals surface area contributed by atoms with Crippen molar-refractivity contribution in [1.29, 1.82) is 0 Å². The third-order valence-electron chi connectivity index (χ3n) is 4.77. The average molecular weight is 317 g/mol. The quantitative estimate of drug-likeness (QED) is 0.877. The fourth-order valence-corrected chi connectivity index (χ4v) is 3.42. The zero-order valence-electron chi connectivity index (χ0n) is 14.0. The molecule has 23 heavy (non-hydrogen) atoms. The summed E-state index contributed by atoms with van der Waals surface area (Å²) in [4.78, 5) is 16.9. The van der Waals surface area contributed by atoms with Crippen molar-refractivity contribution in [2.75, 3.05) is 39.3 Å². The maximum absolute atomic E-state index is 12.5. The Hall–Kier alpha value is -1.75. The zero-order valence-corrected chi connectivity index (χ0v) is 14.0. The van der Waals surface area contributed by atoms with Gasteiger partial charge in [-0.2, -0.15) is 0 Å². The van der Waals surface area contributed by atoms with Crippen molar-refractivity contribution in [3.8, 4) is 5.75 Å². The predicted octanol–water partition coefficient (Wildman–Crippen LogP) is 2.64. The molecule has 0 radical (unpaired) electrons. The van der Waals surface area contributed by atoms with Gasteiger partial charge in [0.1, 0.15) is 12.4 Å². The van der Waals surface area contributed by atoms with Crippen LogP contribution in [0.25, 0.3) is 0 Å². The van der Waals surface area contributed by atoms with Gasteiger partial charge in [0.05, 0.1) is 6.04 Å². The molecule has 2 heterocycles. The molecule has 126 valence electrons. The van der Waals surface area contributed by atoms with Gasteiger partial charge in [0, 0.05) is 18.7 Å². The second-order valence-corrected chi connectivity index (χ2v) is 6.33. The van der Waals surface area contributed by atoms with Crippen LogP contribution in [0.1, 0.15) is 37.8 Å². The van der Waals surface area contributed by atoms with Crippen LogP contribution >= 0.6 is 0 Å². The van der Waals surface area contributed by atoms with Crippen LogP contribution in [0.2, 0.25) is 0 Å². The van der Waals surface area contributed by atoms with E-state index in [2.05, 4.69) is 10.2 Å². The van der Waals surface area contributed by atoms with Crippen molar-refractivity contribution < 1.29 is 9.53 Å². The van der Waals surface area contributed by atoms with Crippen molar-refractivity contribution in [2.45, 2.75) is 32.2 Å². The highest BCUT2D eigenvalue weighted by Gasteiger charge is 2.26. The molecule has 1 aromatic rings. The third-order valence-corrected chi connectivity index (χ3v) is 4.77. The van der Waals surface area contributed by atoms with Crippen LogP contribution in [0, 0.1) is 0 Å². The molecule has 0 saturated carbocycles. The number of ether oxygens (including phenoxy) is 1. The maximum atomic E-state index is 12.5. The Bertz CT molecular complexity index is 529. The molecule has 0 bridgehead atoms. The molecule has 1 fully saturated rings. The molecular formula is C18H27N3O2. The summed E-state index contributed by atoms with van der Waals surface area (Å²) in [5.74, 6) is 0.884. The Morgan fingerprint density at radius 3 is 2.91 bits per heavy atom. The normalized spacial score (nSPS) is 20.1. The van der Waals surface area contributed by atoms with E-state index < -0.39 is 0 Å². The Morgan fingerprint density at radius 1 is 1.35 bits per heavy atom. The van der Waals surface area contributed by atoms with Gasteiger partial charge in [0.15, 0.2) is 0 Å². The number of fused-ring (bicyclic) bond motifs is 1. The van der Waals surface area contributed by atoms with E-state index in [9.17, 15) is 4.79 Å². The molecule has 0 unspecified atom stereocenters. The first-order valence-electron chi connectivity index (χ1n) is 8.77. The summed E-state index contributed by atoms with van der Waals surface area (Å²) in [6.07, 6.45) is 3.68. The number of carbonyl (C=O) groups excluding carboxylic acids is 1. The number of nitrogens with zero attached hydrogens (tertiary/aromatic N) is 2. The standard InChI is InChI=1S/C18H27N3O2/c1-2-21(13-7-12-20-10-5-6-11-20)18(22)19-16-14-23-17-9-4-3-8-15(16)17/h3-4,8-9,16H,2,5-7,10-14H2,1H3,(H,19,22)/t16-/m1/s1. The number of urea groups is 1. The van der Waals surface area contributed by atoms with Gasteiger partial charge in [0.25, 0.3) is 0 Å². The van der Waals surface area contributed by atoms with Crippen molar-refractivity contribution >= 4 is 6.03 Å². The first kappa shape index (κ1) is 16.1. The van der Waals surface area contributed by atoms with Gasteiger partial charge in [-0.05, 0) is 51.9 Å². The fraction of sp³-hybridized carbons (Fsp3) is 0.611. The summed E-state index contributed by atoms with van der Waals surface area (Å²) in [6.45, 7) is 7.64. The van der Waals surface area contributed by atoms with Gasteiger partial charge in [-0.1, -0.05) is 18.2 Å². The Morgan fingerprint density at radius 2 is 2.13 bits per heavy atom. The molecule has 2 aliphatic heterocycles. The van der Waals surface area contributed by atoms with Crippen molar-refractivity contribution in [3.63, 3.8) is 0 Å². The van der Waals surface area contributed by atoms with Crippen LogP contribution < -0.4 is 10.1 Å². The van der Waals surface area contributed by atoms with Gasteiger partial charge < -0.3 is 19.9 Å². The molecule has 2 aliphatic rings. The summed E-state index contributed by atoms with van der Waals surface area (Å²) in [5, 5.41) is 3.11. The number of benzene rings is 1. The van der Waals surface area contributed by atoms with E-state index in [0.29, 0.717) is 6.61 Å². The second kappa shape index (κ2) is 7.68. The number of nitrogens with one attached hydrogen (secondary N) is 1. The van der Waals surface area contributed by atoms with Crippen LogP contribution in [0.5, 0.6) is 5.75 Å². The number of carbonyl (C=O) groups is 1. The molecule has 5 nitrogen and oxygen atoms in total. The molecule has 1 saturated heterocycles. The number of hydrogen-bond acceptors (Lipinski definition) is 3. The van der Waals surface area contributed by atoms with Gasteiger partial charge in [0.2, 0.25) is 0 Å². The van der Waals surface area contributed by atoms with Gasteiger partial charge in [-0.25, -0.2) is 4.79 Å². The highest BCUT2D eigenvalue weighted by atomic mass is 16.5. The van der Waals surface area contributed by atoms with Crippen molar-refractivity contribution in [3.05, 3.63) is 29.8 Å². The molecular weight excluding hydrogens is 290 g/mol. The topological polar surface area (TPSA) is 44.8 Å². The monoisotopic (exact) mass is 317 g/mol. The van der Waals surface area contributed by atoms with Crippen LogP contribution in [-0.4, -0.2) is 55.2 Å². The van der Waals surface area contributed by atoms with E-state index in [1.807, 2.05) is 36.1 Å². The van der Waals surface area contributed by atoms with E-state index in [1.165, 1.54) is 25.9 Å². The number of para-hydroxylation sites is 1. The summed E-state index contributed by atoms with van der Waals surface area (Å²) < 4.78 is 5.63. The molecule has 0 aliphatic carbocycles. The van der Waals surface area contributed by atoms with Crippen molar-refractivity contribution in [1.82, 2.24) is 15.1 Å². The largest absolute Gasteiger partial charge is 0.491 e. The third kappa shape index (κ3) is 3.96. The maximum Gasteiger partial charge on any atom is 0.317 e. The highest BCUT2D eigenvalue weighted by Crippen LogP contribution is 2.31. The summed E-state index contributed by atoms with van der Waals surface area (Å²) in [7, 11) is 0. The summed E-state index contributed by atoms with van der Waals surface area (Å²) in [5.41, 5.74) is 1.08. The van der Waals surface area contributed by atoms with Gasteiger partial charge >= 0.3 is 6.03 Å². The Balaban J connectivity index is 1.48. The number of amides is 2. The molecule has 0 spiro atoms. The molecule has 1 N–H and O–H groups in total. The molecule has 1 aromatic carbocycles. The highest BCUT2D eigenvalue weighted by molar-refractivity contribution is 5.75. The second-order valence-electron chi connectivity index (χ2n) is 6.33. The number of likely N-dealkylation sites (tertiary alicyclic amines) is 1. The Labute approximate surface area is 138 Å². The number of hydrogen-bond donors (Lipinski definition) is 1. The van der Waals surface area contributed by atoms with Gasteiger partial charge in [-0.3, -0.25) is 0 Å². The lowest BCUT2D eigenvalue weighted by Crippen LogP contribution is -2.43. The summed E-state index contributed by atoms with van der Waals surface area (Å²) >= 11 is 0. The Kier molecular flexibility index (Phi) is 5.39. The predicted molar refractivity (Wildman–Crippen MR) is 90.7 cm³/mol. The van der Waals surface area contributed by atoms with Crippen LogP contribution in [0.15, 0.2) is 24.3 Å². The molecule has 3 rings (SSSR count). The van der Waals surface area contributed by atoms with E-state index in [0.717, 1.165) is 37.4 Å². The molecule has 5 heteroatoms. The van der Waals surface area contributed by atoms with Crippen LogP contribution in [-0.2, 0) is 0 Å². The number of rotatable bonds is 6. The molecule has 2 amide bonds. The summed E-state index contributed by atoms with van der Waals surface area (Å²) in [6, 6.07) is 7.90. The fourth-order valence-electron chi connectivity index (χ4n) is 3.42. The minimum absolute atomic E-state index is 0.0132. The lowest BCUT2D eigenvalue weighted by atomic mass is 10.1. The first-order chi connectivity index (χ1) is 11.3. The molecule has 1 atom stereocenters. The van der Waals surface area contributed by atoms with E-state index in [1.54, 1.807) is 0 Å². The van der Waals surface area contributed by atoms with E-state index in [4.69, 9.17) is 4.74 Å². The van der Waals surface area contributed by atoms with E-state index in [-0.39, 0.29) is 12.1 Å². The zero-order chi connectivity index (χ0) is 16.1. The van der Waals surface area contributed by atoms with Gasteiger partial charge in [-0.15, -0.1) is 0 Å². The lowest BCUT2D eigenvalue weighted by molar-refractivity contribution is 0.189. The van der Waals surface area contributed by atoms with Crippen molar-refractivity contribution in [2.24, 2.45) is 0 Å². The molecule has 0 aromatic heterocycles. The van der Waals surface area contributed by atoms with Crippen LogP contribution in [0.4, 0.5) is 4.79 Å². The SMILES string of the molecule is CCN(CCCN1CCCC1)C(=O)N[C@@H]1COc2ccccc21. The smallest absolute Gasteiger partial charge is 0.317 e. The minimum Gasteiger partial charge on any atom is -0.491 e. The lowest BCUT2D eigenvalue weighted by Gasteiger charge is -2.24. The van der Waals surface area contributed by atoms with Crippen LogP contribution in [0.3, 0.4) is 0 Å².